The van der Waals surface area contributed by atoms with Crippen LogP contribution in [0.25, 0.3) is 0 Å². The minimum absolute atomic E-state index is 0.128. The summed E-state index contributed by atoms with van der Waals surface area (Å²) in [6.45, 7) is 3.80. The molecule has 0 radical (unpaired) electrons. The lowest BCUT2D eigenvalue weighted by Crippen LogP contribution is -2.07. The fourth-order valence-corrected chi connectivity index (χ4v) is 1.98. The topological polar surface area (TPSA) is 47.8 Å². The lowest BCUT2D eigenvalue weighted by Gasteiger charge is -2.05. The van der Waals surface area contributed by atoms with Crippen LogP contribution in [0, 0.1) is 13.8 Å². The van der Waals surface area contributed by atoms with Gasteiger partial charge in [-0.15, -0.1) is 0 Å². The minimum atomic E-state index is 0.128. The highest BCUT2D eigenvalue weighted by molar-refractivity contribution is 5.97. The Morgan fingerprint density at radius 2 is 2.11 bits per heavy atom. The van der Waals surface area contributed by atoms with Crippen molar-refractivity contribution in [2.75, 3.05) is 0 Å². The van der Waals surface area contributed by atoms with Crippen LogP contribution in [-0.2, 0) is 13.5 Å². The maximum atomic E-state index is 12.1. The maximum Gasteiger partial charge on any atom is 0.165 e. The Kier molecular flexibility index (Phi) is 3.55. The number of nitrogens with zero attached hydrogens (tertiary/aromatic N) is 3. The standard InChI is InChI=1S/C14H17N3O/c1-10-4-5-12(11(2)16-10)13(18)6-7-14-15-8-9-17(14)3/h4-5,8-9H,6-7H2,1-3H3. The smallest absolute Gasteiger partial charge is 0.165 e. The van der Waals surface area contributed by atoms with Gasteiger partial charge in [0.05, 0.1) is 0 Å². The highest BCUT2D eigenvalue weighted by Crippen LogP contribution is 2.11. The predicted octanol–water partition coefficient (Wildman–Crippen LogP) is 2.25. The number of carbonyl (C=O) groups excluding carboxylic acids is 1. The van der Waals surface area contributed by atoms with Crippen LogP contribution in [0.15, 0.2) is 24.5 Å². The van der Waals surface area contributed by atoms with E-state index in [2.05, 4.69) is 9.97 Å². The molecule has 0 spiro atoms. The number of Topliss-reactive ketones (excluding diaryl/α,β-unsaturated/α-hetero) is 1. The molecule has 0 fully saturated rings. The fourth-order valence-electron chi connectivity index (χ4n) is 1.98. The second-order valence-electron chi connectivity index (χ2n) is 4.46. The summed E-state index contributed by atoms with van der Waals surface area (Å²) in [4.78, 5) is 20.6. The van der Waals surface area contributed by atoms with Gasteiger partial charge in [-0.3, -0.25) is 9.78 Å². The fraction of sp³-hybridized carbons (Fsp3) is 0.357. The molecule has 0 saturated heterocycles. The van der Waals surface area contributed by atoms with Crippen LogP contribution in [0.1, 0.15) is 34.0 Å². The van der Waals surface area contributed by atoms with E-state index in [1.807, 2.05) is 43.8 Å². The van der Waals surface area contributed by atoms with Crippen molar-refractivity contribution in [2.24, 2.45) is 7.05 Å². The second-order valence-corrected chi connectivity index (χ2v) is 4.46. The van der Waals surface area contributed by atoms with Crippen LogP contribution in [-0.4, -0.2) is 20.3 Å². The molecule has 94 valence electrons. The summed E-state index contributed by atoms with van der Waals surface area (Å²) in [7, 11) is 1.94. The molecular weight excluding hydrogens is 226 g/mol. The molecule has 0 saturated carbocycles. The normalized spacial score (nSPS) is 10.6. The number of pyridine rings is 1. The van der Waals surface area contributed by atoms with Crippen LogP contribution in [0.2, 0.25) is 0 Å². The first kappa shape index (κ1) is 12.5. The predicted molar refractivity (Wildman–Crippen MR) is 69.6 cm³/mol. The van der Waals surface area contributed by atoms with Crippen molar-refractivity contribution >= 4 is 5.78 Å². The molecule has 2 aromatic heterocycles. The molecule has 0 atom stereocenters. The van der Waals surface area contributed by atoms with Gasteiger partial charge in [0, 0.05) is 49.2 Å². The summed E-state index contributed by atoms with van der Waals surface area (Å²) in [6, 6.07) is 3.74. The third-order valence-electron chi connectivity index (χ3n) is 3.02. The van der Waals surface area contributed by atoms with E-state index in [9.17, 15) is 4.79 Å². The zero-order valence-corrected chi connectivity index (χ0v) is 11.0. The van der Waals surface area contributed by atoms with Crippen molar-refractivity contribution in [3.63, 3.8) is 0 Å². The van der Waals surface area contributed by atoms with Crippen molar-refractivity contribution in [3.05, 3.63) is 47.3 Å². The van der Waals surface area contributed by atoms with Gasteiger partial charge < -0.3 is 4.57 Å². The second kappa shape index (κ2) is 5.12. The van der Waals surface area contributed by atoms with Gasteiger partial charge in [-0.2, -0.15) is 0 Å². The van der Waals surface area contributed by atoms with E-state index in [1.165, 1.54) is 0 Å². The van der Waals surface area contributed by atoms with E-state index in [4.69, 9.17) is 0 Å². The molecule has 0 unspecified atom stereocenters. The zero-order chi connectivity index (χ0) is 13.1. The lowest BCUT2D eigenvalue weighted by molar-refractivity contribution is 0.0981. The molecule has 0 aliphatic carbocycles. The zero-order valence-electron chi connectivity index (χ0n) is 11.0. The summed E-state index contributed by atoms with van der Waals surface area (Å²) in [5.41, 5.74) is 2.46. The molecule has 2 aromatic rings. The van der Waals surface area contributed by atoms with Gasteiger partial charge in [0.15, 0.2) is 5.78 Å². The van der Waals surface area contributed by atoms with Crippen LogP contribution in [0.3, 0.4) is 0 Å². The number of ketones is 1. The van der Waals surface area contributed by atoms with E-state index in [1.54, 1.807) is 6.20 Å². The molecular formula is C14H17N3O. The Morgan fingerprint density at radius 1 is 1.33 bits per heavy atom. The maximum absolute atomic E-state index is 12.1. The van der Waals surface area contributed by atoms with Gasteiger partial charge in [-0.05, 0) is 26.0 Å². The molecule has 4 nitrogen and oxygen atoms in total. The first-order valence-electron chi connectivity index (χ1n) is 6.01. The molecule has 0 aliphatic rings. The van der Waals surface area contributed by atoms with Gasteiger partial charge in [-0.25, -0.2) is 4.98 Å². The van der Waals surface area contributed by atoms with Crippen molar-refractivity contribution in [1.82, 2.24) is 14.5 Å². The van der Waals surface area contributed by atoms with Gasteiger partial charge >= 0.3 is 0 Å². The Labute approximate surface area is 107 Å². The Hall–Kier alpha value is -1.97. The van der Waals surface area contributed by atoms with E-state index in [-0.39, 0.29) is 5.78 Å². The molecule has 4 heteroatoms. The number of aryl methyl sites for hydroxylation is 4. The van der Waals surface area contributed by atoms with E-state index in [0.29, 0.717) is 12.8 Å². The summed E-state index contributed by atoms with van der Waals surface area (Å²) in [6.07, 6.45) is 4.77. The van der Waals surface area contributed by atoms with E-state index < -0.39 is 0 Å². The molecule has 18 heavy (non-hydrogen) atoms. The number of aromatic nitrogens is 3. The first-order chi connectivity index (χ1) is 8.58. The average molecular weight is 243 g/mol. The van der Waals surface area contributed by atoms with Crippen molar-refractivity contribution in [2.45, 2.75) is 26.7 Å². The lowest BCUT2D eigenvalue weighted by atomic mass is 10.0. The highest BCUT2D eigenvalue weighted by atomic mass is 16.1. The summed E-state index contributed by atoms with van der Waals surface area (Å²) >= 11 is 0. The summed E-state index contributed by atoms with van der Waals surface area (Å²) in [5, 5.41) is 0. The number of rotatable bonds is 4. The van der Waals surface area contributed by atoms with Crippen LogP contribution in [0.4, 0.5) is 0 Å². The number of imidazole rings is 1. The third-order valence-corrected chi connectivity index (χ3v) is 3.02. The molecule has 0 N–H and O–H groups in total. The molecule has 2 heterocycles. The first-order valence-corrected chi connectivity index (χ1v) is 6.01. The average Bonchev–Trinajstić information content (AvgIpc) is 2.72. The number of hydrogen-bond acceptors (Lipinski definition) is 3. The molecule has 0 bridgehead atoms. The minimum Gasteiger partial charge on any atom is -0.338 e. The van der Waals surface area contributed by atoms with Crippen molar-refractivity contribution < 1.29 is 4.79 Å². The van der Waals surface area contributed by atoms with Gasteiger partial charge in [-0.1, -0.05) is 0 Å². The largest absolute Gasteiger partial charge is 0.338 e. The van der Waals surface area contributed by atoms with E-state index >= 15 is 0 Å². The van der Waals surface area contributed by atoms with Crippen LogP contribution in [0.5, 0.6) is 0 Å². The third kappa shape index (κ3) is 2.64. The number of hydrogen-bond donors (Lipinski definition) is 0. The summed E-state index contributed by atoms with van der Waals surface area (Å²) < 4.78 is 1.94. The van der Waals surface area contributed by atoms with Crippen LogP contribution < -0.4 is 0 Å². The molecule has 0 amide bonds. The summed E-state index contributed by atoms with van der Waals surface area (Å²) in [5.74, 6) is 1.06. The monoisotopic (exact) mass is 243 g/mol. The SMILES string of the molecule is Cc1ccc(C(=O)CCc2nccn2C)c(C)n1. The van der Waals surface area contributed by atoms with Gasteiger partial charge in [0.1, 0.15) is 5.82 Å². The van der Waals surface area contributed by atoms with Gasteiger partial charge in [0.25, 0.3) is 0 Å². The quantitative estimate of drug-likeness (QED) is 0.774. The Morgan fingerprint density at radius 3 is 2.72 bits per heavy atom. The van der Waals surface area contributed by atoms with E-state index in [0.717, 1.165) is 22.8 Å². The molecule has 2 rings (SSSR count). The van der Waals surface area contributed by atoms with Crippen LogP contribution >= 0.6 is 0 Å². The Bertz CT molecular complexity index is 572. The Balaban J connectivity index is 2.06. The van der Waals surface area contributed by atoms with Crippen molar-refractivity contribution in [1.29, 1.82) is 0 Å². The van der Waals surface area contributed by atoms with Crippen molar-refractivity contribution in [3.8, 4) is 0 Å². The highest BCUT2D eigenvalue weighted by Gasteiger charge is 2.11. The van der Waals surface area contributed by atoms with Gasteiger partial charge in [0.2, 0.25) is 0 Å². The molecule has 0 aliphatic heterocycles. The molecule has 0 aromatic carbocycles. The number of carbonyl (C=O) groups is 1.